The van der Waals surface area contributed by atoms with E-state index in [1.165, 1.54) is 4.68 Å². The summed E-state index contributed by atoms with van der Waals surface area (Å²) in [5.74, 6) is 0. The summed E-state index contributed by atoms with van der Waals surface area (Å²) in [6.07, 6.45) is -2.48. The molecule has 2 heterocycles. The minimum absolute atomic E-state index is 0.450. The summed E-state index contributed by atoms with van der Waals surface area (Å²) in [4.78, 5) is 0. The first-order valence-corrected chi connectivity index (χ1v) is 7.16. The van der Waals surface area contributed by atoms with Gasteiger partial charge in [0.25, 0.3) is 6.43 Å². The molecule has 0 saturated carbocycles. The summed E-state index contributed by atoms with van der Waals surface area (Å²) >= 11 is 0. The molecule has 0 radical (unpaired) electrons. The van der Waals surface area contributed by atoms with E-state index < -0.39 is 31.3 Å². The lowest BCUT2D eigenvalue weighted by molar-refractivity contribution is 0.00578. The van der Waals surface area contributed by atoms with Crippen molar-refractivity contribution in [1.29, 1.82) is 0 Å². The third-order valence-electron chi connectivity index (χ3n) is 4.37. The minimum Gasteiger partial charge on any atom is -0.399 e. The van der Waals surface area contributed by atoms with E-state index in [9.17, 15) is 8.78 Å². The topological polar surface area (TPSA) is 49.2 Å². The average Bonchev–Trinajstić information content (AvgIpc) is 2.88. The molecule has 1 aromatic carbocycles. The Morgan fingerprint density at radius 2 is 1.82 bits per heavy atom. The summed E-state index contributed by atoms with van der Waals surface area (Å²) in [7, 11) is -0.538. The zero-order valence-electron chi connectivity index (χ0n) is 13.0. The van der Waals surface area contributed by atoms with Gasteiger partial charge in [-0.15, -0.1) is 5.10 Å². The number of hydrogen-bond donors (Lipinski definition) is 0. The Kier molecular flexibility index (Phi) is 3.49. The highest BCUT2D eigenvalue weighted by molar-refractivity contribution is 6.62. The summed E-state index contributed by atoms with van der Waals surface area (Å²) in [6, 6.07) is 5.32. The van der Waals surface area contributed by atoms with Crippen molar-refractivity contribution in [2.75, 3.05) is 0 Å². The van der Waals surface area contributed by atoms with E-state index >= 15 is 0 Å². The Hall–Kier alpha value is -1.54. The number of alkyl halides is 2. The van der Waals surface area contributed by atoms with Crippen LogP contribution in [0.3, 0.4) is 0 Å². The first-order valence-electron chi connectivity index (χ1n) is 7.16. The molecule has 0 aliphatic carbocycles. The fourth-order valence-corrected chi connectivity index (χ4v) is 2.37. The van der Waals surface area contributed by atoms with Crippen LogP contribution in [0.4, 0.5) is 8.78 Å². The molecule has 118 valence electrons. The highest BCUT2D eigenvalue weighted by atomic mass is 19.3. The first kappa shape index (κ1) is 15.4. The highest BCUT2D eigenvalue weighted by Crippen LogP contribution is 2.36. The lowest BCUT2D eigenvalue weighted by Gasteiger charge is -2.32. The Labute approximate surface area is 127 Å². The van der Waals surface area contributed by atoms with Gasteiger partial charge in [-0.3, -0.25) is 0 Å². The predicted octanol–water partition coefficient (Wildman–Crippen LogP) is 2.00. The molecule has 22 heavy (non-hydrogen) atoms. The van der Waals surface area contributed by atoms with Crippen molar-refractivity contribution in [2.24, 2.45) is 0 Å². The smallest absolute Gasteiger partial charge is 0.399 e. The number of nitrogens with zero attached hydrogens (tertiary/aromatic N) is 3. The number of aromatic nitrogens is 3. The average molecular weight is 309 g/mol. The number of benzene rings is 1. The molecule has 1 fully saturated rings. The van der Waals surface area contributed by atoms with Crippen molar-refractivity contribution in [3.05, 3.63) is 18.2 Å². The quantitative estimate of drug-likeness (QED) is 0.814. The van der Waals surface area contributed by atoms with E-state index in [4.69, 9.17) is 9.31 Å². The van der Waals surface area contributed by atoms with E-state index in [1.807, 2.05) is 33.8 Å². The largest absolute Gasteiger partial charge is 0.494 e. The summed E-state index contributed by atoms with van der Waals surface area (Å²) in [6.45, 7) is 7.38. The second kappa shape index (κ2) is 4.99. The normalized spacial score (nSPS) is 20.2. The second-order valence-corrected chi connectivity index (χ2v) is 6.50. The van der Waals surface area contributed by atoms with Gasteiger partial charge in [0, 0.05) is 0 Å². The van der Waals surface area contributed by atoms with Crippen LogP contribution in [0.15, 0.2) is 18.2 Å². The van der Waals surface area contributed by atoms with Crippen LogP contribution in [0.25, 0.3) is 11.0 Å². The molecule has 1 aromatic heterocycles. The van der Waals surface area contributed by atoms with Crippen molar-refractivity contribution in [1.82, 2.24) is 15.0 Å². The number of hydrogen-bond acceptors (Lipinski definition) is 4. The first-order chi connectivity index (χ1) is 10.2. The van der Waals surface area contributed by atoms with Crippen molar-refractivity contribution in [3.8, 4) is 0 Å². The Morgan fingerprint density at radius 1 is 1.18 bits per heavy atom. The van der Waals surface area contributed by atoms with Gasteiger partial charge in [-0.2, -0.15) is 0 Å². The summed E-state index contributed by atoms with van der Waals surface area (Å²) < 4.78 is 38.3. The van der Waals surface area contributed by atoms with Crippen LogP contribution in [0.5, 0.6) is 0 Å². The standard InChI is InChI=1S/C14H18BF2N3O2/c1-13(2)14(3,4)22-15(21-13)9-5-6-10-11(7-9)20(19-18-10)8-12(16)17/h5-7,12H,8H2,1-4H3. The predicted molar refractivity (Wildman–Crippen MR) is 79.2 cm³/mol. The second-order valence-electron chi connectivity index (χ2n) is 6.50. The molecule has 1 aliphatic heterocycles. The molecule has 1 saturated heterocycles. The Bertz CT molecular complexity index is 686. The number of fused-ring (bicyclic) bond motifs is 1. The van der Waals surface area contributed by atoms with Crippen molar-refractivity contribution < 1.29 is 18.1 Å². The van der Waals surface area contributed by atoms with E-state index in [2.05, 4.69) is 10.3 Å². The third-order valence-corrected chi connectivity index (χ3v) is 4.37. The van der Waals surface area contributed by atoms with Gasteiger partial charge >= 0.3 is 7.12 Å². The van der Waals surface area contributed by atoms with E-state index in [0.29, 0.717) is 11.0 Å². The molecule has 0 unspecified atom stereocenters. The maximum atomic E-state index is 12.6. The molecule has 0 bridgehead atoms. The van der Waals surface area contributed by atoms with Gasteiger partial charge in [-0.05, 0) is 45.3 Å². The third kappa shape index (κ3) is 2.50. The van der Waals surface area contributed by atoms with Gasteiger partial charge < -0.3 is 9.31 Å². The maximum Gasteiger partial charge on any atom is 0.494 e. The SMILES string of the molecule is CC1(C)OB(c2ccc3nnn(CC(F)F)c3c2)OC1(C)C. The van der Waals surface area contributed by atoms with Gasteiger partial charge in [0.15, 0.2) is 0 Å². The van der Waals surface area contributed by atoms with Crippen LogP contribution in [-0.2, 0) is 15.9 Å². The molecule has 5 nitrogen and oxygen atoms in total. The van der Waals surface area contributed by atoms with E-state index in [1.54, 1.807) is 12.1 Å². The Morgan fingerprint density at radius 3 is 2.41 bits per heavy atom. The molecule has 3 rings (SSSR count). The zero-order valence-corrected chi connectivity index (χ0v) is 13.0. The van der Waals surface area contributed by atoms with Gasteiger partial charge in [-0.25, -0.2) is 13.5 Å². The van der Waals surface area contributed by atoms with Crippen LogP contribution < -0.4 is 5.46 Å². The monoisotopic (exact) mass is 309 g/mol. The zero-order chi connectivity index (χ0) is 16.1. The van der Waals surface area contributed by atoms with Crippen LogP contribution in [0, 0.1) is 0 Å². The molecule has 0 spiro atoms. The van der Waals surface area contributed by atoms with Gasteiger partial charge in [0.1, 0.15) is 12.1 Å². The Balaban J connectivity index is 1.96. The minimum atomic E-state index is -2.48. The summed E-state index contributed by atoms with van der Waals surface area (Å²) in [5, 5.41) is 7.66. The van der Waals surface area contributed by atoms with E-state index in [0.717, 1.165) is 5.46 Å². The van der Waals surface area contributed by atoms with Crippen LogP contribution in [0.1, 0.15) is 27.7 Å². The van der Waals surface area contributed by atoms with Crippen molar-refractivity contribution in [2.45, 2.75) is 51.9 Å². The van der Waals surface area contributed by atoms with Gasteiger partial charge in [-0.1, -0.05) is 11.3 Å². The molecule has 0 amide bonds. The molecule has 1 aliphatic rings. The van der Waals surface area contributed by atoms with Crippen molar-refractivity contribution >= 4 is 23.6 Å². The lowest BCUT2D eigenvalue weighted by Crippen LogP contribution is -2.41. The van der Waals surface area contributed by atoms with Crippen LogP contribution in [0.2, 0.25) is 0 Å². The molecule has 2 aromatic rings. The maximum absolute atomic E-state index is 12.6. The highest BCUT2D eigenvalue weighted by Gasteiger charge is 2.51. The molecule has 0 N–H and O–H groups in total. The van der Waals surface area contributed by atoms with Crippen LogP contribution >= 0.6 is 0 Å². The summed E-state index contributed by atoms with van der Waals surface area (Å²) in [5.41, 5.74) is 0.986. The number of halogens is 2. The fraction of sp³-hybridized carbons (Fsp3) is 0.571. The molecular formula is C14H18BF2N3O2. The molecular weight excluding hydrogens is 291 g/mol. The molecule has 0 atom stereocenters. The lowest BCUT2D eigenvalue weighted by atomic mass is 9.79. The molecule has 8 heteroatoms. The van der Waals surface area contributed by atoms with Gasteiger partial charge in [0.05, 0.1) is 16.7 Å². The number of rotatable bonds is 3. The van der Waals surface area contributed by atoms with Crippen LogP contribution in [-0.4, -0.2) is 39.7 Å². The van der Waals surface area contributed by atoms with E-state index in [-0.39, 0.29) is 0 Å². The fourth-order valence-electron chi connectivity index (χ4n) is 2.37. The van der Waals surface area contributed by atoms with Gasteiger partial charge in [0.2, 0.25) is 0 Å². The van der Waals surface area contributed by atoms with Crippen molar-refractivity contribution in [3.63, 3.8) is 0 Å².